The van der Waals surface area contributed by atoms with Crippen LogP contribution in [0.4, 0.5) is 4.79 Å². The van der Waals surface area contributed by atoms with E-state index in [1.807, 2.05) is 9.80 Å². The Morgan fingerprint density at radius 3 is 2.48 bits per heavy atom. The number of hydrogen-bond acceptors (Lipinski definition) is 3. The summed E-state index contributed by atoms with van der Waals surface area (Å²) in [4.78, 5) is 26.7. The third-order valence-corrected chi connectivity index (χ3v) is 4.94. The van der Waals surface area contributed by atoms with Gasteiger partial charge in [-0.1, -0.05) is 13.8 Å². The first-order chi connectivity index (χ1) is 9.93. The largest absolute Gasteiger partial charge is 0.480 e. The van der Waals surface area contributed by atoms with Crippen molar-refractivity contribution in [3.8, 4) is 0 Å². The normalized spacial score (nSPS) is 22.0. The monoisotopic (exact) mass is 297 g/mol. The summed E-state index contributed by atoms with van der Waals surface area (Å²) >= 11 is 0. The smallest absolute Gasteiger partial charge is 0.317 e. The molecule has 1 aliphatic carbocycles. The number of carboxylic acid groups (broad SMARTS) is 1. The highest BCUT2D eigenvalue weighted by atomic mass is 16.4. The summed E-state index contributed by atoms with van der Waals surface area (Å²) in [6.07, 6.45) is 3.24. The molecule has 1 aliphatic heterocycles. The van der Waals surface area contributed by atoms with Crippen molar-refractivity contribution in [2.24, 2.45) is 11.3 Å². The number of carboxylic acids is 1. The van der Waals surface area contributed by atoms with Gasteiger partial charge in [-0.3, -0.25) is 9.69 Å². The number of hydrogen-bond donors (Lipinski definition) is 2. The van der Waals surface area contributed by atoms with Crippen LogP contribution in [0.15, 0.2) is 0 Å². The Kier molecular flexibility index (Phi) is 5.08. The number of carbonyl (C=O) groups is 2. The topological polar surface area (TPSA) is 72.9 Å². The van der Waals surface area contributed by atoms with Crippen LogP contribution < -0.4 is 5.32 Å². The lowest BCUT2D eigenvalue weighted by Gasteiger charge is -2.25. The van der Waals surface area contributed by atoms with Crippen LogP contribution in [0.5, 0.6) is 0 Å². The quantitative estimate of drug-likeness (QED) is 0.800. The van der Waals surface area contributed by atoms with Crippen LogP contribution in [0.1, 0.15) is 33.1 Å². The molecular formula is C15H27N3O3. The zero-order valence-corrected chi connectivity index (χ0v) is 13.1. The second-order valence-corrected chi connectivity index (χ2v) is 6.69. The maximum absolute atomic E-state index is 12.3. The van der Waals surface area contributed by atoms with Gasteiger partial charge in [-0.05, 0) is 30.6 Å². The first-order valence-electron chi connectivity index (χ1n) is 7.90. The van der Waals surface area contributed by atoms with E-state index in [0.717, 1.165) is 19.5 Å². The average Bonchev–Trinajstić information content (AvgIpc) is 3.20. The van der Waals surface area contributed by atoms with Gasteiger partial charge in [0.15, 0.2) is 0 Å². The Balaban J connectivity index is 1.76. The predicted molar refractivity (Wildman–Crippen MR) is 80.2 cm³/mol. The minimum absolute atomic E-state index is 0.000833. The van der Waals surface area contributed by atoms with Gasteiger partial charge >= 0.3 is 12.0 Å². The van der Waals surface area contributed by atoms with Gasteiger partial charge < -0.3 is 15.3 Å². The van der Waals surface area contributed by atoms with Gasteiger partial charge in [0, 0.05) is 32.7 Å². The molecule has 0 spiro atoms. The summed E-state index contributed by atoms with van der Waals surface area (Å²) in [5, 5.41) is 11.9. The standard InChI is InChI=1S/C15H27N3O3/c1-12(2)15(4-5-15)11-16-14(21)18-7-3-6-17(8-9-18)10-13(19)20/h12H,3-11H2,1-2H3,(H,16,21)(H,19,20). The Labute approximate surface area is 126 Å². The van der Waals surface area contributed by atoms with Gasteiger partial charge in [0.05, 0.1) is 6.54 Å². The molecule has 0 radical (unpaired) electrons. The third-order valence-electron chi connectivity index (χ3n) is 4.94. The summed E-state index contributed by atoms with van der Waals surface area (Å²) in [7, 11) is 0. The van der Waals surface area contributed by atoms with Crippen LogP contribution in [0.25, 0.3) is 0 Å². The summed E-state index contributed by atoms with van der Waals surface area (Å²) in [5.74, 6) is -0.200. The molecule has 120 valence electrons. The lowest BCUT2D eigenvalue weighted by molar-refractivity contribution is -0.138. The van der Waals surface area contributed by atoms with Crippen molar-refractivity contribution >= 4 is 12.0 Å². The molecule has 2 fully saturated rings. The van der Waals surface area contributed by atoms with E-state index in [9.17, 15) is 9.59 Å². The molecule has 6 heteroatoms. The van der Waals surface area contributed by atoms with E-state index in [1.54, 1.807) is 0 Å². The van der Waals surface area contributed by atoms with Gasteiger partial charge in [0.2, 0.25) is 0 Å². The zero-order valence-electron chi connectivity index (χ0n) is 13.1. The fraction of sp³-hybridized carbons (Fsp3) is 0.867. The Hall–Kier alpha value is -1.30. The molecule has 0 atom stereocenters. The van der Waals surface area contributed by atoms with Gasteiger partial charge in [-0.15, -0.1) is 0 Å². The number of nitrogens with zero attached hydrogens (tertiary/aromatic N) is 2. The van der Waals surface area contributed by atoms with Crippen LogP contribution in [-0.4, -0.2) is 66.2 Å². The highest BCUT2D eigenvalue weighted by Crippen LogP contribution is 2.51. The average molecular weight is 297 g/mol. The van der Waals surface area contributed by atoms with Gasteiger partial charge in [-0.25, -0.2) is 4.79 Å². The first-order valence-corrected chi connectivity index (χ1v) is 7.90. The third kappa shape index (κ3) is 4.33. The minimum atomic E-state index is -0.805. The number of rotatable bonds is 5. The van der Waals surface area contributed by atoms with Gasteiger partial charge in [0.1, 0.15) is 0 Å². The number of aliphatic carboxylic acids is 1. The number of urea groups is 1. The van der Waals surface area contributed by atoms with E-state index in [2.05, 4.69) is 19.2 Å². The van der Waals surface area contributed by atoms with Crippen LogP contribution >= 0.6 is 0 Å². The summed E-state index contributed by atoms with van der Waals surface area (Å²) in [6, 6.07) is -0.000833. The Morgan fingerprint density at radius 2 is 1.90 bits per heavy atom. The molecule has 2 aliphatic rings. The van der Waals surface area contributed by atoms with Crippen LogP contribution in [0.2, 0.25) is 0 Å². The van der Waals surface area contributed by atoms with E-state index in [-0.39, 0.29) is 12.6 Å². The number of nitrogens with one attached hydrogen (secondary N) is 1. The van der Waals surface area contributed by atoms with Gasteiger partial charge in [0.25, 0.3) is 0 Å². The summed E-state index contributed by atoms with van der Waals surface area (Å²) in [6.45, 7) is 7.94. The molecule has 2 amide bonds. The van der Waals surface area contributed by atoms with Crippen LogP contribution in [0.3, 0.4) is 0 Å². The maximum Gasteiger partial charge on any atom is 0.317 e. The molecule has 1 saturated carbocycles. The highest BCUT2D eigenvalue weighted by Gasteiger charge is 2.45. The van der Waals surface area contributed by atoms with Crippen LogP contribution in [0, 0.1) is 11.3 Å². The molecule has 0 aromatic rings. The second kappa shape index (κ2) is 6.64. The van der Waals surface area contributed by atoms with Crippen molar-refractivity contribution in [1.29, 1.82) is 0 Å². The zero-order chi connectivity index (χ0) is 15.5. The molecule has 1 heterocycles. The van der Waals surface area contributed by atoms with Crippen LogP contribution in [-0.2, 0) is 4.79 Å². The maximum atomic E-state index is 12.3. The first kappa shape index (κ1) is 16.1. The highest BCUT2D eigenvalue weighted by molar-refractivity contribution is 5.74. The molecule has 2 N–H and O–H groups in total. The lowest BCUT2D eigenvalue weighted by atomic mass is 9.92. The molecule has 21 heavy (non-hydrogen) atoms. The lowest BCUT2D eigenvalue weighted by Crippen LogP contribution is -2.44. The summed E-state index contributed by atoms with van der Waals surface area (Å²) in [5.41, 5.74) is 0.316. The van der Waals surface area contributed by atoms with E-state index >= 15 is 0 Å². The fourth-order valence-corrected chi connectivity index (χ4v) is 3.01. The number of carbonyl (C=O) groups excluding carboxylic acids is 1. The van der Waals surface area contributed by atoms with Gasteiger partial charge in [-0.2, -0.15) is 0 Å². The Bertz CT molecular complexity index is 394. The van der Waals surface area contributed by atoms with Crippen molar-refractivity contribution < 1.29 is 14.7 Å². The molecule has 0 bridgehead atoms. The van der Waals surface area contributed by atoms with Crippen molar-refractivity contribution in [2.45, 2.75) is 33.1 Å². The van der Waals surface area contributed by atoms with E-state index in [0.29, 0.717) is 31.0 Å². The second-order valence-electron chi connectivity index (χ2n) is 6.69. The molecule has 0 unspecified atom stereocenters. The predicted octanol–water partition coefficient (Wildman–Crippen LogP) is 1.22. The number of amides is 2. The van der Waals surface area contributed by atoms with E-state index in [1.165, 1.54) is 12.8 Å². The minimum Gasteiger partial charge on any atom is -0.480 e. The molecule has 2 rings (SSSR count). The van der Waals surface area contributed by atoms with Crippen molar-refractivity contribution in [1.82, 2.24) is 15.1 Å². The SMILES string of the molecule is CC(C)C1(CNC(=O)N2CCCN(CC(=O)O)CC2)CC1. The van der Waals surface area contributed by atoms with Crippen molar-refractivity contribution in [2.75, 3.05) is 39.3 Å². The molecule has 0 aromatic heterocycles. The summed E-state index contributed by atoms with van der Waals surface area (Å²) < 4.78 is 0. The Morgan fingerprint density at radius 1 is 1.19 bits per heavy atom. The molecule has 6 nitrogen and oxygen atoms in total. The van der Waals surface area contributed by atoms with Crippen molar-refractivity contribution in [3.63, 3.8) is 0 Å². The fourth-order valence-electron chi connectivity index (χ4n) is 3.01. The van der Waals surface area contributed by atoms with Crippen molar-refractivity contribution in [3.05, 3.63) is 0 Å². The van der Waals surface area contributed by atoms with E-state index < -0.39 is 5.97 Å². The molecule has 0 aromatic carbocycles. The van der Waals surface area contributed by atoms with E-state index in [4.69, 9.17) is 5.11 Å². The molecule has 1 saturated heterocycles. The molecular weight excluding hydrogens is 270 g/mol.